The Labute approximate surface area is 151 Å². The maximum absolute atomic E-state index is 11.5. The maximum Gasteiger partial charge on any atom is 0.336 e. The van der Waals surface area contributed by atoms with Gasteiger partial charge in [0.05, 0.1) is 22.7 Å². The van der Waals surface area contributed by atoms with Crippen LogP contribution in [0.2, 0.25) is 0 Å². The molecule has 0 spiro atoms. The van der Waals surface area contributed by atoms with E-state index < -0.39 is 17.5 Å². The standard InChI is InChI=1S/C20H23NO5/c1-4-17-15-9-11-7-13(18(22)23)14(19(24)25)8-12(11)10-16(15)20(5-2,6-3)21(17)26/h7-10,17,26H,4-6H2,1-3H3,(H,22,23)(H,24,25). The second-order valence-corrected chi connectivity index (χ2v) is 6.80. The average molecular weight is 357 g/mol. The Morgan fingerprint density at radius 1 is 0.962 bits per heavy atom. The molecule has 0 aromatic heterocycles. The van der Waals surface area contributed by atoms with E-state index in [-0.39, 0.29) is 17.2 Å². The molecule has 1 heterocycles. The van der Waals surface area contributed by atoms with Gasteiger partial charge in [-0.05, 0) is 65.4 Å². The summed E-state index contributed by atoms with van der Waals surface area (Å²) in [7, 11) is 0. The number of hydroxylamine groups is 2. The van der Waals surface area contributed by atoms with Crippen LogP contribution in [0.15, 0.2) is 24.3 Å². The summed E-state index contributed by atoms with van der Waals surface area (Å²) in [5.41, 5.74) is 0.997. The monoisotopic (exact) mass is 357 g/mol. The van der Waals surface area contributed by atoms with Crippen molar-refractivity contribution in [1.82, 2.24) is 5.06 Å². The van der Waals surface area contributed by atoms with Crippen LogP contribution in [0, 0.1) is 0 Å². The molecular weight excluding hydrogens is 334 g/mol. The summed E-state index contributed by atoms with van der Waals surface area (Å²) in [6.45, 7) is 6.04. The van der Waals surface area contributed by atoms with E-state index in [0.717, 1.165) is 17.5 Å². The largest absolute Gasteiger partial charge is 0.478 e. The molecule has 0 saturated heterocycles. The number of fused-ring (bicyclic) bond motifs is 2. The van der Waals surface area contributed by atoms with Crippen molar-refractivity contribution in [1.29, 1.82) is 0 Å². The zero-order valence-electron chi connectivity index (χ0n) is 15.1. The normalized spacial score (nSPS) is 18.8. The van der Waals surface area contributed by atoms with Crippen molar-refractivity contribution in [3.05, 3.63) is 46.5 Å². The van der Waals surface area contributed by atoms with Gasteiger partial charge < -0.3 is 15.4 Å². The van der Waals surface area contributed by atoms with Crippen molar-refractivity contribution in [2.45, 2.75) is 51.6 Å². The first-order valence-corrected chi connectivity index (χ1v) is 8.87. The van der Waals surface area contributed by atoms with Crippen LogP contribution in [0.3, 0.4) is 0 Å². The van der Waals surface area contributed by atoms with Crippen molar-refractivity contribution in [2.24, 2.45) is 0 Å². The molecule has 6 heteroatoms. The van der Waals surface area contributed by atoms with Gasteiger partial charge in [0.25, 0.3) is 0 Å². The third kappa shape index (κ3) is 2.40. The lowest BCUT2D eigenvalue weighted by Crippen LogP contribution is -2.39. The average Bonchev–Trinajstić information content (AvgIpc) is 2.85. The SMILES string of the molecule is CCC1c2cc3cc(C(=O)O)c(C(=O)O)cc3cc2C(CC)(CC)N1O. The highest BCUT2D eigenvalue weighted by Gasteiger charge is 2.47. The van der Waals surface area contributed by atoms with Gasteiger partial charge in [0.2, 0.25) is 0 Å². The van der Waals surface area contributed by atoms with E-state index in [2.05, 4.69) is 0 Å². The van der Waals surface area contributed by atoms with Crippen molar-refractivity contribution in [2.75, 3.05) is 0 Å². The molecule has 26 heavy (non-hydrogen) atoms. The van der Waals surface area contributed by atoms with E-state index in [1.165, 1.54) is 17.2 Å². The van der Waals surface area contributed by atoms with Crippen molar-refractivity contribution < 1.29 is 25.0 Å². The molecule has 1 atom stereocenters. The predicted molar refractivity (Wildman–Crippen MR) is 96.8 cm³/mol. The van der Waals surface area contributed by atoms with Gasteiger partial charge in [-0.1, -0.05) is 20.8 Å². The van der Waals surface area contributed by atoms with Gasteiger partial charge in [-0.15, -0.1) is 0 Å². The Kier molecular flexibility index (Phi) is 4.50. The van der Waals surface area contributed by atoms with Gasteiger partial charge in [0.15, 0.2) is 0 Å². The molecule has 1 aliphatic heterocycles. The Morgan fingerprint density at radius 2 is 1.46 bits per heavy atom. The fraction of sp³-hybridized carbons (Fsp3) is 0.400. The number of hydrogen-bond acceptors (Lipinski definition) is 4. The van der Waals surface area contributed by atoms with Crippen LogP contribution in [0.25, 0.3) is 10.8 Å². The summed E-state index contributed by atoms with van der Waals surface area (Å²) in [6.07, 6.45) is 2.15. The van der Waals surface area contributed by atoms with Crippen molar-refractivity contribution in [3.8, 4) is 0 Å². The van der Waals surface area contributed by atoms with E-state index in [1.54, 1.807) is 0 Å². The number of rotatable bonds is 5. The predicted octanol–water partition coefficient (Wildman–Crippen LogP) is 4.41. The van der Waals surface area contributed by atoms with Gasteiger partial charge in [0.1, 0.15) is 0 Å². The molecule has 0 fully saturated rings. The van der Waals surface area contributed by atoms with Crippen LogP contribution in [0.1, 0.15) is 77.9 Å². The van der Waals surface area contributed by atoms with Crippen LogP contribution in [-0.4, -0.2) is 32.4 Å². The van der Waals surface area contributed by atoms with Gasteiger partial charge >= 0.3 is 11.9 Å². The number of nitrogens with zero attached hydrogens (tertiary/aromatic N) is 1. The molecule has 3 rings (SSSR count). The van der Waals surface area contributed by atoms with Crippen LogP contribution >= 0.6 is 0 Å². The zero-order valence-corrected chi connectivity index (χ0v) is 15.1. The minimum absolute atomic E-state index is 0.165. The van der Waals surface area contributed by atoms with Gasteiger partial charge in [-0.25, -0.2) is 9.59 Å². The Balaban J connectivity index is 2.35. The number of carboxylic acid groups (broad SMARTS) is 2. The van der Waals surface area contributed by atoms with Gasteiger partial charge in [0, 0.05) is 0 Å². The molecule has 1 aliphatic rings. The third-order valence-corrected chi connectivity index (χ3v) is 5.76. The topological polar surface area (TPSA) is 98.1 Å². The minimum Gasteiger partial charge on any atom is -0.478 e. The Hall–Kier alpha value is -2.44. The molecule has 3 N–H and O–H groups in total. The molecule has 0 bridgehead atoms. The van der Waals surface area contributed by atoms with E-state index in [4.69, 9.17) is 0 Å². The lowest BCUT2D eigenvalue weighted by Gasteiger charge is -2.35. The Morgan fingerprint density at radius 3 is 1.88 bits per heavy atom. The molecule has 6 nitrogen and oxygen atoms in total. The smallest absolute Gasteiger partial charge is 0.336 e. The number of benzene rings is 2. The van der Waals surface area contributed by atoms with Crippen molar-refractivity contribution >= 4 is 22.7 Å². The van der Waals surface area contributed by atoms with Gasteiger partial charge in [-0.3, -0.25) is 0 Å². The van der Waals surface area contributed by atoms with E-state index in [9.17, 15) is 25.0 Å². The summed E-state index contributed by atoms with van der Waals surface area (Å²) in [4.78, 5) is 22.9. The number of carbonyl (C=O) groups is 2. The minimum atomic E-state index is -1.27. The van der Waals surface area contributed by atoms with Gasteiger partial charge in [-0.2, -0.15) is 5.06 Å². The van der Waals surface area contributed by atoms with Crippen LogP contribution in [0.4, 0.5) is 0 Å². The van der Waals surface area contributed by atoms with E-state index >= 15 is 0 Å². The van der Waals surface area contributed by atoms with E-state index in [1.807, 2.05) is 32.9 Å². The second kappa shape index (κ2) is 6.37. The summed E-state index contributed by atoms with van der Waals surface area (Å²) in [6, 6.07) is 6.47. The molecule has 0 aliphatic carbocycles. The number of hydrogen-bond donors (Lipinski definition) is 3. The number of carboxylic acids is 2. The molecule has 138 valence electrons. The first kappa shape index (κ1) is 18.4. The highest BCUT2D eigenvalue weighted by Crippen LogP contribution is 2.51. The maximum atomic E-state index is 11.5. The first-order valence-electron chi connectivity index (χ1n) is 8.87. The fourth-order valence-electron chi connectivity index (χ4n) is 4.30. The van der Waals surface area contributed by atoms with Crippen molar-refractivity contribution in [3.63, 3.8) is 0 Å². The van der Waals surface area contributed by atoms with Crippen LogP contribution in [0.5, 0.6) is 0 Å². The Bertz CT molecular complexity index is 901. The summed E-state index contributed by atoms with van der Waals surface area (Å²) in [5.74, 6) is -2.53. The van der Waals surface area contributed by atoms with Crippen LogP contribution < -0.4 is 0 Å². The molecular formula is C20H23NO5. The molecule has 2 aromatic rings. The molecule has 0 saturated carbocycles. The number of aromatic carboxylic acids is 2. The summed E-state index contributed by atoms with van der Waals surface area (Å²) >= 11 is 0. The zero-order chi connectivity index (χ0) is 19.2. The quantitative estimate of drug-likeness (QED) is 0.733. The second-order valence-electron chi connectivity index (χ2n) is 6.80. The van der Waals surface area contributed by atoms with E-state index in [0.29, 0.717) is 23.6 Å². The van der Waals surface area contributed by atoms with Crippen LogP contribution in [-0.2, 0) is 5.54 Å². The lowest BCUT2D eigenvalue weighted by atomic mass is 9.83. The molecule has 1 unspecified atom stereocenters. The third-order valence-electron chi connectivity index (χ3n) is 5.76. The molecule has 2 aromatic carbocycles. The lowest BCUT2D eigenvalue weighted by molar-refractivity contribution is -0.200. The highest BCUT2D eigenvalue weighted by molar-refractivity contribution is 6.06. The first-order chi connectivity index (χ1) is 12.3. The molecule has 0 radical (unpaired) electrons. The summed E-state index contributed by atoms with van der Waals surface area (Å²) < 4.78 is 0. The highest BCUT2D eigenvalue weighted by atomic mass is 16.5. The fourth-order valence-corrected chi connectivity index (χ4v) is 4.30. The summed E-state index contributed by atoms with van der Waals surface area (Å²) in [5, 5.41) is 32.3. The molecule has 0 amide bonds.